The Hall–Kier alpha value is -2.24. The van der Waals surface area contributed by atoms with E-state index in [1.54, 1.807) is 0 Å². The van der Waals surface area contributed by atoms with Crippen molar-refractivity contribution in [2.24, 2.45) is 5.92 Å². The number of aromatic hydroxyl groups is 1. The highest BCUT2D eigenvalue weighted by molar-refractivity contribution is 5.96. The lowest BCUT2D eigenvalue weighted by Crippen LogP contribution is -2.44. The van der Waals surface area contributed by atoms with E-state index in [9.17, 15) is 14.7 Å². The van der Waals surface area contributed by atoms with Crippen LogP contribution in [0.3, 0.4) is 0 Å². The van der Waals surface area contributed by atoms with Gasteiger partial charge in [-0.1, -0.05) is 13.3 Å². The number of phenols is 1. The van der Waals surface area contributed by atoms with Crippen molar-refractivity contribution >= 4 is 17.7 Å². The van der Waals surface area contributed by atoms with Crippen molar-refractivity contribution in [1.82, 2.24) is 5.32 Å². The molecule has 6 heteroatoms. The fourth-order valence-corrected chi connectivity index (χ4v) is 2.16. The molecule has 2 rings (SSSR count). The molecule has 1 aromatic rings. The molecule has 20 heavy (non-hydrogen) atoms. The minimum absolute atomic E-state index is 0.0673. The van der Waals surface area contributed by atoms with Gasteiger partial charge in [0.25, 0.3) is 0 Å². The molecular formula is C14H18N2O4. The molecule has 0 heterocycles. The average molecular weight is 278 g/mol. The third-order valence-corrected chi connectivity index (χ3v) is 3.46. The monoisotopic (exact) mass is 278 g/mol. The lowest BCUT2D eigenvalue weighted by molar-refractivity contribution is -0.135. The van der Waals surface area contributed by atoms with Crippen LogP contribution in [0.4, 0.5) is 10.5 Å². The van der Waals surface area contributed by atoms with Gasteiger partial charge in [0.15, 0.2) is 0 Å². The number of carboxylic acid groups (broad SMARTS) is 1. The van der Waals surface area contributed by atoms with Crippen LogP contribution in [0.15, 0.2) is 24.3 Å². The normalized spacial score (nSPS) is 20.2. The molecule has 0 spiro atoms. The summed E-state index contributed by atoms with van der Waals surface area (Å²) < 4.78 is 0. The Morgan fingerprint density at radius 3 is 2.50 bits per heavy atom. The number of hydrogen-bond donors (Lipinski definition) is 3. The molecule has 2 atom stereocenters. The summed E-state index contributed by atoms with van der Waals surface area (Å²) >= 11 is 0. The number of anilines is 1. The summed E-state index contributed by atoms with van der Waals surface area (Å²) in [5.74, 6) is -0.529. The van der Waals surface area contributed by atoms with Gasteiger partial charge in [-0.05, 0) is 36.6 Å². The van der Waals surface area contributed by atoms with Gasteiger partial charge in [-0.2, -0.15) is 0 Å². The van der Waals surface area contributed by atoms with Crippen molar-refractivity contribution in [3.8, 4) is 5.75 Å². The number of amides is 2. The van der Waals surface area contributed by atoms with Gasteiger partial charge in [0.2, 0.25) is 0 Å². The molecular weight excluding hydrogens is 260 g/mol. The van der Waals surface area contributed by atoms with Gasteiger partial charge in [0, 0.05) is 11.7 Å². The smallest absolute Gasteiger partial charge is 0.323 e. The summed E-state index contributed by atoms with van der Waals surface area (Å²) in [5, 5.41) is 21.0. The first-order chi connectivity index (χ1) is 9.51. The molecule has 1 aliphatic rings. The Morgan fingerprint density at radius 1 is 1.35 bits per heavy atom. The Kier molecular flexibility index (Phi) is 4.12. The van der Waals surface area contributed by atoms with Gasteiger partial charge in [-0.25, -0.2) is 4.79 Å². The quantitative estimate of drug-likeness (QED) is 0.766. The molecule has 2 amide bonds. The van der Waals surface area contributed by atoms with Crippen LogP contribution in [0, 0.1) is 5.92 Å². The zero-order chi connectivity index (χ0) is 14.7. The fraction of sp³-hybridized carbons (Fsp3) is 0.429. The van der Waals surface area contributed by atoms with Crippen molar-refractivity contribution in [2.45, 2.75) is 25.8 Å². The van der Waals surface area contributed by atoms with E-state index in [4.69, 9.17) is 5.11 Å². The van der Waals surface area contributed by atoms with Gasteiger partial charge in [0.05, 0.1) is 0 Å². The van der Waals surface area contributed by atoms with E-state index in [1.807, 2.05) is 0 Å². The molecule has 6 nitrogen and oxygen atoms in total. The minimum Gasteiger partial charge on any atom is -0.508 e. The largest absolute Gasteiger partial charge is 0.508 e. The van der Waals surface area contributed by atoms with E-state index >= 15 is 0 Å². The number of urea groups is 1. The maximum atomic E-state index is 12.2. The van der Waals surface area contributed by atoms with Gasteiger partial charge < -0.3 is 15.5 Å². The summed E-state index contributed by atoms with van der Waals surface area (Å²) in [7, 11) is 0. The van der Waals surface area contributed by atoms with Crippen LogP contribution in [-0.2, 0) is 4.79 Å². The first-order valence-corrected chi connectivity index (χ1v) is 6.60. The third kappa shape index (κ3) is 3.40. The second-order valence-electron chi connectivity index (χ2n) is 4.96. The molecule has 0 bridgehead atoms. The zero-order valence-corrected chi connectivity index (χ0v) is 11.2. The van der Waals surface area contributed by atoms with Crippen LogP contribution in [0.1, 0.15) is 19.8 Å². The average Bonchev–Trinajstić information content (AvgIpc) is 3.15. The van der Waals surface area contributed by atoms with E-state index in [-0.39, 0.29) is 11.8 Å². The highest BCUT2D eigenvalue weighted by atomic mass is 16.4. The highest BCUT2D eigenvalue weighted by Gasteiger charge is 2.37. The van der Waals surface area contributed by atoms with E-state index in [0.717, 1.165) is 17.7 Å². The summed E-state index contributed by atoms with van der Waals surface area (Å²) in [6.07, 6.45) is 1.95. The maximum absolute atomic E-state index is 12.2. The van der Waals surface area contributed by atoms with Crippen molar-refractivity contribution in [3.63, 3.8) is 0 Å². The van der Waals surface area contributed by atoms with Crippen LogP contribution >= 0.6 is 0 Å². The Labute approximate surface area is 117 Å². The first-order valence-electron chi connectivity index (χ1n) is 6.60. The van der Waals surface area contributed by atoms with Crippen molar-refractivity contribution < 1.29 is 19.8 Å². The molecule has 0 aromatic heterocycles. The molecule has 0 aliphatic heterocycles. The van der Waals surface area contributed by atoms with Crippen LogP contribution in [0.5, 0.6) is 5.75 Å². The SMILES string of the molecule is CCC1CC1NC(=O)N(CC(=O)O)c1ccc(O)cc1. The maximum Gasteiger partial charge on any atom is 0.323 e. The number of aliphatic carboxylic acids is 1. The zero-order valence-electron chi connectivity index (χ0n) is 11.2. The number of carbonyl (C=O) groups excluding carboxylic acids is 1. The Balaban J connectivity index is 2.08. The highest BCUT2D eigenvalue weighted by Crippen LogP contribution is 2.33. The van der Waals surface area contributed by atoms with Crippen molar-refractivity contribution in [1.29, 1.82) is 0 Å². The number of nitrogens with zero attached hydrogens (tertiary/aromatic N) is 1. The summed E-state index contributed by atoms with van der Waals surface area (Å²) in [5.41, 5.74) is 0.441. The second kappa shape index (κ2) is 5.81. The number of nitrogens with one attached hydrogen (secondary N) is 1. The lowest BCUT2D eigenvalue weighted by atomic mass is 10.2. The van der Waals surface area contributed by atoms with E-state index in [0.29, 0.717) is 11.6 Å². The van der Waals surface area contributed by atoms with Crippen LogP contribution in [0.25, 0.3) is 0 Å². The van der Waals surface area contributed by atoms with Crippen LogP contribution in [-0.4, -0.2) is 34.8 Å². The molecule has 1 aliphatic carbocycles. The predicted octanol–water partition coefficient (Wildman–Crippen LogP) is 1.79. The molecule has 108 valence electrons. The number of phenolic OH excluding ortho intramolecular Hbond substituents is 1. The Morgan fingerprint density at radius 2 is 2.00 bits per heavy atom. The topological polar surface area (TPSA) is 89.9 Å². The van der Waals surface area contributed by atoms with E-state index in [2.05, 4.69) is 12.2 Å². The second-order valence-corrected chi connectivity index (χ2v) is 4.96. The molecule has 1 saturated carbocycles. The van der Waals surface area contributed by atoms with Gasteiger partial charge in [0.1, 0.15) is 12.3 Å². The molecule has 1 fully saturated rings. The number of rotatable bonds is 5. The number of carboxylic acids is 1. The van der Waals surface area contributed by atoms with Crippen molar-refractivity contribution in [3.05, 3.63) is 24.3 Å². The fourth-order valence-electron chi connectivity index (χ4n) is 2.16. The number of hydrogen-bond acceptors (Lipinski definition) is 3. The first kappa shape index (κ1) is 14.2. The molecule has 2 unspecified atom stereocenters. The summed E-state index contributed by atoms with van der Waals surface area (Å²) in [6.45, 7) is 1.64. The molecule has 3 N–H and O–H groups in total. The number of carbonyl (C=O) groups is 2. The molecule has 0 radical (unpaired) electrons. The van der Waals surface area contributed by atoms with Crippen LogP contribution < -0.4 is 10.2 Å². The van der Waals surface area contributed by atoms with Crippen molar-refractivity contribution in [2.75, 3.05) is 11.4 Å². The standard InChI is InChI=1S/C14H18N2O4/c1-2-9-7-12(9)15-14(20)16(8-13(18)19)10-3-5-11(17)6-4-10/h3-6,9,12,17H,2,7-8H2,1H3,(H,15,20)(H,18,19). The number of benzene rings is 1. The van der Waals surface area contributed by atoms with E-state index in [1.165, 1.54) is 24.3 Å². The van der Waals surface area contributed by atoms with Crippen LogP contribution in [0.2, 0.25) is 0 Å². The minimum atomic E-state index is -1.09. The van der Waals surface area contributed by atoms with E-state index < -0.39 is 18.5 Å². The van der Waals surface area contributed by atoms with Gasteiger partial charge >= 0.3 is 12.0 Å². The molecule has 0 saturated heterocycles. The summed E-state index contributed by atoms with van der Waals surface area (Å²) in [4.78, 5) is 24.2. The van der Waals surface area contributed by atoms with Gasteiger partial charge in [-0.3, -0.25) is 9.69 Å². The third-order valence-electron chi connectivity index (χ3n) is 3.46. The predicted molar refractivity (Wildman–Crippen MR) is 73.8 cm³/mol. The Bertz CT molecular complexity index is 500. The summed E-state index contributed by atoms with van der Waals surface area (Å²) in [6, 6.07) is 5.59. The molecule has 1 aromatic carbocycles. The lowest BCUT2D eigenvalue weighted by Gasteiger charge is -2.21. The van der Waals surface area contributed by atoms with Gasteiger partial charge in [-0.15, -0.1) is 0 Å².